The van der Waals surface area contributed by atoms with Crippen LogP contribution in [0.3, 0.4) is 0 Å². The predicted molar refractivity (Wildman–Crippen MR) is 50.2 cm³/mol. The molecule has 0 fully saturated rings. The van der Waals surface area contributed by atoms with Crippen LogP contribution in [0.15, 0.2) is 29.4 Å². The molecule has 1 N–H and O–H groups in total. The second kappa shape index (κ2) is 4.33. The first-order valence-corrected chi connectivity index (χ1v) is 4.22. The lowest BCUT2D eigenvalue weighted by atomic mass is 10.2. The Morgan fingerprint density at radius 1 is 1.33 bits per heavy atom. The zero-order chi connectivity index (χ0) is 8.97. The third-order valence-electron chi connectivity index (χ3n) is 1.43. The summed E-state index contributed by atoms with van der Waals surface area (Å²) in [5.41, 5.74) is 1.68. The molecule has 0 amide bonds. The van der Waals surface area contributed by atoms with Gasteiger partial charge in [0, 0.05) is 11.4 Å². The fourth-order valence-corrected chi connectivity index (χ4v) is 1.09. The molecular weight excluding hydrogens is 197 g/mol. The highest BCUT2D eigenvalue weighted by molar-refractivity contribution is 6.69. The first-order valence-electron chi connectivity index (χ1n) is 3.30. The van der Waals surface area contributed by atoms with Crippen LogP contribution in [0, 0.1) is 0 Å². The lowest BCUT2D eigenvalue weighted by Gasteiger charge is -1.97. The van der Waals surface area contributed by atoms with Crippen LogP contribution >= 0.6 is 23.2 Å². The Bertz CT molecular complexity index is 282. The Balaban J connectivity index is 2.92. The van der Waals surface area contributed by atoms with Gasteiger partial charge in [0.15, 0.2) is 5.17 Å². The summed E-state index contributed by atoms with van der Waals surface area (Å²) in [5.74, 6) is 0.466. The third kappa shape index (κ3) is 2.13. The largest absolute Gasteiger partial charge is 0.410 e. The van der Waals surface area contributed by atoms with Gasteiger partial charge in [-0.2, -0.15) is 0 Å². The first kappa shape index (κ1) is 9.36. The summed E-state index contributed by atoms with van der Waals surface area (Å²) in [5, 5.41) is 11.3. The molecule has 0 radical (unpaired) electrons. The Morgan fingerprint density at radius 3 is 2.33 bits per heavy atom. The highest BCUT2D eigenvalue weighted by atomic mass is 35.5. The van der Waals surface area contributed by atoms with Crippen LogP contribution in [0.1, 0.15) is 11.1 Å². The minimum atomic E-state index is 0.0797. The molecule has 0 saturated carbocycles. The molecule has 0 aliphatic rings. The zero-order valence-corrected chi connectivity index (χ0v) is 7.68. The molecular formula is C8H7Cl2NO. The molecule has 12 heavy (non-hydrogen) atoms. The van der Waals surface area contributed by atoms with Gasteiger partial charge in [0.05, 0.1) is 0 Å². The Kier molecular flexibility index (Phi) is 3.38. The molecule has 4 heteroatoms. The summed E-state index contributed by atoms with van der Waals surface area (Å²) in [7, 11) is 0. The van der Waals surface area contributed by atoms with Crippen molar-refractivity contribution in [1.82, 2.24) is 0 Å². The Morgan fingerprint density at radius 2 is 1.92 bits per heavy atom. The number of oxime groups is 1. The molecule has 1 aromatic rings. The van der Waals surface area contributed by atoms with Crippen molar-refractivity contribution in [2.75, 3.05) is 0 Å². The summed E-state index contributed by atoms with van der Waals surface area (Å²) in [6.45, 7) is 0. The summed E-state index contributed by atoms with van der Waals surface area (Å²) in [6, 6.07) is 7.16. The molecule has 0 aliphatic carbocycles. The molecule has 0 aliphatic heterocycles. The minimum absolute atomic E-state index is 0.0797. The highest BCUT2D eigenvalue weighted by Gasteiger charge is 1.98. The van der Waals surface area contributed by atoms with E-state index in [0.29, 0.717) is 11.4 Å². The molecule has 0 bridgehead atoms. The molecule has 1 rings (SSSR count). The molecule has 1 aromatic carbocycles. The van der Waals surface area contributed by atoms with Crippen LogP contribution in [0.5, 0.6) is 0 Å². The maximum Gasteiger partial charge on any atom is 0.175 e. The van der Waals surface area contributed by atoms with Crippen molar-refractivity contribution in [3.05, 3.63) is 35.4 Å². The van der Waals surface area contributed by atoms with Gasteiger partial charge in [-0.1, -0.05) is 41.0 Å². The molecule has 64 valence electrons. The van der Waals surface area contributed by atoms with E-state index >= 15 is 0 Å². The monoisotopic (exact) mass is 203 g/mol. The van der Waals surface area contributed by atoms with E-state index in [1.54, 1.807) is 12.1 Å². The normalized spacial score (nSPS) is 11.7. The van der Waals surface area contributed by atoms with Crippen molar-refractivity contribution in [2.24, 2.45) is 5.16 Å². The van der Waals surface area contributed by atoms with Gasteiger partial charge in [-0.3, -0.25) is 0 Å². The van der Waals surface area contributed by atoms with Crippen molar-refractivity contribution >= 4 is 28.4 Å². The smallest absolute Gasteiger partial charge is 0.175 e. The summed E-state index contributed by atoms with van der Waals surface area (Å²) in [4.78, 5) is 0. The molecule has 2 nitrogen and oxygen atoms in total. The molecule has 0 unspecified atom stereocenters. The number of benzene rings is 1. The quantitative estimate of drug-likeness (QED) is 0.341. The predicted octanol–water partition coefficient (Wildman–Crippen LogP) is 2.80. The third-order valence-corrected chi connectivity index (χ3v) is 2.04. The standard InChI is InChI=1S/C8H7Cl2NO/c9-5-6-1-3-7(4-2-6)8(10)11-12/h1-4,12H,5H2/b11-8-. The average Bonchev–Trinajstić information content (AvgIpc) is 2.17. The van der Waals surface area contributed by atoms with E-state index in [2.05, 4.69) is 5.16 Å². The molecule has 0 aromatic heterocycles. The second-order valence-corrected chi connectivity index (χ2v) is 2.85. The van der Waals surface area contributed by atoms with Gasteiger partial charge in [-0.25, -0.2) is 0 Å². The van der Waals surface area contributed by atoms with Crippen LogP contribution in [0.25, 0.3) is 0 Å². The summed E-state index contributed by atoms with van der Waals surface area (Å²) >= 11 is 11.1. The van der Waals surface area contributed by atoms with E-state index in [0.717, 1.165) is 5.56 Å². The number of hydrogen-bond acceptors (Lipinski definition) is 2. The van der Waals surface area contributed by atoms with Crippen molar-refractivity contribution in [2.45, 2.75) is 5.88 Å². The first-order chi connectivity index (χ1) is 5.77. The van der Waals surface area contributed by atoms with Gasteiger partial charge in [0.25, 0.3) is 0 Å². The maximum atomic E-state index is 8.34. The van der Waals surface area contributed by atoms with Gasteiger partial charge in [0.2, 0.25) is 0 Å². The number of halogens is 2. The SMILES string of the molecule is O/N=C(\Cl)c1ccc(CCl)cc1. The molecule has 0 saturated heterocycles. The van der Waals surface area contributed by atoms with E-state index in [9.17, 15) is 0 Å². The number of alkyl halides is 1. The van der Waals surface area contributed by atoms with Crippen molar-refractivity contribution < 1.29 is 5.21 Å². The Labute approximate surface area is 80.4 Å². The van der Waals surface area contributed by atoms with Crippen LogP contribution < -0.4 is 0 Å². The maximum absolute atomic E-state index is 8.34. The van der Waals surface area contributed by atoms with Gasteiger partial charge >= 0.3 is 0 Å². The van der Waals surface area contributed by atoms with Gasteiger partial charge < -0.3 is 5.21 Å². The lowest BCUT2D eigenvalue weighted by molar-refractivity contribution is 0.321. The van der Waals surface area contributed by atoms with E-state index in [1.807, 2.05) is 12.1 Å². The van der Waals surface area contributed by atoms with E-state index in [4.69, 9.17) is 28.4 Å². The summed E-state index contributed by atoms with van der Waals surface area (Å²) in [6.07, 6.45) is 0. The van der Waals surface area contributed by atoms with Crippen molar-refractivity contribution in [3.63, 3.8) is 0 Å². The highest BCUT2D eigenvalue weighted by Crippen LogP contribution is 2.09. The number of nitrogens with zero attached hydrogens (tertiary/aromatic N) is 1. The fourth-order valence-electron chi connectivity index (χ4n) is 0.789. The summed E-state index contributed by atoms with van der Waals surface area (Å²) < 4.78 is 0. The molecule has 0 spiro atoms. The zero-order valence-electron chi connectivity index (χ0n) is 6.17. The number of hydrogen-bond donors (Lipinski definition) is 1. The van der Waals surface area contributed by atoms with E-state index in [-0.39, 0.29) is 5.17 Å². The lowest BCUT2D eigenvalue weighted by Crippen LogP contribution is -1.90. The minimum Gasteiger partial charge on any atom is -0.410 e. The molecule has 0 heterocycles. The average molecular weight is 204 g/mol. The van der Waals surface area contributed by atoms with Crippen LogP contribution in [-0.2, 0) is 5.88 Å². The van der Waals surface area contributed by atoms with Crippen molar-refractivity contribution in [3.8, 4) is 0 Å². The molecule has 0 atom stereocenters. The van der Waals surface area contributed by atoms with E-state index in [1.165, 1.54) is 0 Å². The second-order valence-electron chi connectivity index (χ2n) is 2.22. The fraction of sp³-hybridized carbons (Fsp3) is 0.125. The van der Waals surface area contributed by atoms with Crippen molar-refractivity contribution in [1.29, 1.82) is 0 Å². The van der Waals surface area contributed by atoms with Gasteiger partial charge in [-0.15, -0.1) is 11.6 Å². The topological polar surface area (TPSA) is 32.6 Å². The van der Waals surface area contributed by atoms with E-state index < -0.39 is 0 Å². The number of rotatable bonds is 2. The van der Waals surface area contributed by atoms with Crippen LogP contribution in [-0.4, -0.2) is 10.4 Å². The van der Waals surface area contributed by atoms with Gasteiger partial charge in [-0.05, 0) is 5.56 Å². The Hall–Kier alpha value is -0.730. The van der Waals surface area contributed by atoms with Gasteiger partial charge in [0.1, 0.15) is 0 Å². The van der Waals surface area contributed by atoms with Crippen LogP contribution in [0.4, 0.5) is 0 Å². The van der Waals surface area contributed by atoms with Crippen LogP contribution in [0.2, 0.25) is 0 Å².